The Morgan fingerprint density at radius 2 is 1.96 bits per heavy atom. The van der Waals surface area contributed by atoms with Gasteiger partial charge in [-0.1, -0.05) is 0 Å². The summed E-state index contributed by atoms with van der Waals surface area (Å²) in [5, 5.41) is 1.93. The quantitative estimate of drug-likeness (QED) is 0.849. The normalized spacial score (nSPS) is 17.7. The molecular weight excluding hydrogens is 328 g/mol. The monoisotopic (exact) mass is 342 g/mol. The molecule has 2 aliphatic rings. The van der Waals surface area contributed by atoms with Crippen molar-refractivity contribution in [3.63, 3.8) is 0 Å². The standard InChI is InChI=1S/C17H14N2O4S/c1-9-5-11(6-15-16(20)18-17(21)24-15)10(2)19(9)12-3-4-13-14(7-12)23-8-22-13/h3-7H,8H2,1-2H3,(H,18,20,21)/b15-6-. The fourth-order valence-corrected chi connectivity index (χ4v) is 3.59. The number of carbonyl (C=O) groups excluding carboxylic acids is 2. The van der Waals surface area contributed by atoms with E-state index in [0.29, 0.717) is 4.91 Å². The number of carbonyl (C=O) groups is 2. The molecule has 0 atom stereocenters. The predicted molar refractivity (Wildman–Crippen MR) is 90.5 cm³/mol. The van der Waals surface area contributed by atoms with Crippen LogP contribution in [0, 0.1) is 13.8 Å². The summed E-state index contributed by atoms with van der Waals surface area (Å²) >= 11 is 0.920. The van der Waals surface area contributed by atoms with Crippen LogP contribution in [-0.4, -0.2) is 22.5 Å². The van der Waals surface area contributed by atoms with Crippen molar-refractivity contribution in [2.24, 2.45) is 0 Å². The Morgan fingerprint density at radius 3 is 2.71 bits per heavy atom. The van der Waals surface area contributed by atoms with Crippen molar-refractivity contribution in [2.45, 2.75) is 13.8 Å². The van der Waals surface area contributed by atoms with Gasteiger partial charge in [0.05, 0.1) is 4.91 Å². The first-order valence-corrected chi connectivity index (χ1v) is 8.18. The summed E-state index contributed by atoms with van der Waals surface area (Å²) in [6, 6.07) is 7.77. The zero-order valence-electron chi connectivity index (χ0n) is 13.1. The molecule has 1 aromatic carbocycles. The van der Waals surface area contributed by atoms with Gasteiger partial charge in [0.2, 0.25) is 6.79 Å². The molecule has 1 N–H and O–H groups in total. The number of amides is 2. The molecule has 24 heavy (non-hydrogen) atoms. The highest BCUT2D eigenvalue weighted by molar-refractivity contribution is 8.18. The van der Waals surface area contributed by atoms with Crippen molar-refractivity contribution in [3.05, 3.63) is 46.1 Å². The van der Waals surface area contributed by atoms with Crippen molar-refractivity contribution in [1.82, 2.24) is 9.88 Å². The van der Waals surface area contributed by atoms with Gasteiger partial charge in [-0.05, 0) is 55.4 Å². The van der Waals surface area contributed by atoms with Crippen LogP contribution in [0.15, 0.2) is 29.2 Å². The van der Waals surface area contributed by atoms with Crippen molar-refractivity contribution in [3.8, 4) is 17.2 Å². The Labute approximate surface area is 142 Å². The average Bonchev–Trinajstić information content (AvgIpc) is 3.19. The van der Waals surface area contributed by atoms with E-state index in [-0.39, 0.29) is 17.9 Å². The first-order valence-electron chi connectivity index (χ1n) is 7.37. The van der Waals surface area contributed by atoms with Crippen LogP contribution < -0.4 is 14.8 Å². The molecule has 6 nitrogen and oxygen atoms in total. The zero-order chi connectivity index (χ0) is 16.8. The lowest BCUT2D eigenvalue weighted by molar-refractivity contribution is -0.115. The molecule has 1 saturated heterocycles. The summed E-state index contributed by atoms with van der Waals surface area (Å²) in [5.74, 6) is 1.11. The van der Waals surface area contributed by atoms with Gasteiger partial charge >= 0.3 is 0 Å². The van der Waals surface area contributed by atoms with E-state index in [9.17, 15) is 9.59 Å². The number of nitrogens with zero attached hydrogens (tertiary/aromatic N) is 1. The van der Waals surface area contributed by atoms with Crippen LogP contribution in [0.4, 0.5) is 4.79 Å². The summed E-state index contributed by atoms with van der Waals surface area (Å²) in [4.78, 5) is 23.4. The van der Waals surface area contributed by atoms with Crippen molar-refractivity contribution in [2.75, 3.05) is 6.79 Å². The van der Waals surface area contributed by atoms with Gasteiger partial charge in [-0.15, -0.1) is 0 Å². The van der Waals surface area contributed by atoms with Gasteiger partial charge in [0.15, 0.2) is 11.5 Å². The maximum Gasteiger partial charge on any atom is 0.290 e. The van der Waals surface area contributed by atoms with Gasteiger partial charge in [-0.3, -0.25) is 14.9 Å². The average molecular weight is 342 g/mol. The maximum atomic E-state index is 11.7. The number of aromatic nitrogens is 1. The van der Waals surface area contributed by atoms with Gasteiger partial charge < -0.3 is 14.0 Å². The van der Waals surface area contributed by atoms with Crippen LogP contribution in [0.2, 0.25) is 0 Å². The molecule has 0 bridgehead atoms. The van der Waals surface area contributed by atoms with Crippen LogP contribution in [0.3, 0.4) is 0 Å². The molecule has 0 radical (unpaired) electrons. The summed E-state index contributed by atoms with van der Waals surface area (Å²) in [6.07, 6.45) is 1.75. The number of nitrogens with one attached hydrogen (secondary N) is 1. The van der Waals surface area contributed by atoms with Crippen LogP contribution >= 0.6 is 11.8 Å². The summed E-state index contributed by atoms with van der Waals surface area (Å²) in [7, 11) is 0. The van der Waals surface area contributed by atoms with E-state index in [1.165, 1.54) is 0 Å². The molecule has 2 aliphatic heterocycles. The second-order valence-corrected chi connectivity index (χ2v) is 6.57. The lowest BCUT2D eigenvalue weighted by Crippen LogP contribution is -2.17. The lowest BCUT2D eigenvalue weighted by atomic mass is 10.2. The first kappa shape index (κ1) is 14.9. The van der Waals surface area contributed by atoms with Gasteiger partial charge in [0.25, 0.3) is 11.1 Å². The molecule has 2 amide bonds. The van der Waals surface area contributed by atoms with Gasteiger partial charge in [-0.2, -0.15) is 0 Å². The molecule has 2 aromatic rings. The maximum absolute atomic E-state index is 11.7. The molecule has 4 rings (SSSR count). The minimum absolute atomic E-state index is 0.236. The Hall–Kier alpha value is -2.67. The number of aryl methyl sites for hydroxylation is 1. The Morgan fingerprint density at radius 1 is 1.17 bits per heavy atom. The van der Waals surface area contributed by atoms with E-state index in [4.69, 9.17) is 9.47 Å². The Balaban J connectivity index is 1.76. The minimum Gasteiger partial charge on any atom is -0.454 e. The molecular formula is C17H14N2O4S. The molecule has 122 valence electrons. The highest BCUT2D eigenvalue weighted by atomic mass is 32.2. The number of thioether (sulfide) groups is 1. The SMILES string of the molecule is Cc1cc(/C=C2\SC(=O)NC2=O)c(C)n1-c1ccc2c(c1)OCO2. The number of ether oxygens (including phenoxy) is 2. The van der Waals surface area contributed by atoms with Crippen molar-refractivity contribution in [1.29, 1.82) is 0 Å². The number of hydrogen-bond donors (Lipinski definition) is 1. The van der Waals surface area contributed by atoms with E-state index >= 15 is 0 Å². The van der Waals surface area contributed by atoms with E-state index in [2.05, 4.69) is 9.88 Å². The number of imide groups is 1. The van der Waals surface area contributed by atoms with Crippen LogP contribution in [0.25, 0.3) is 11.8 Å². The molecule has 0 spiro atoms. The number of hydrogen-bond acceptors (Lipinski definition) is 5. The number of fused-ring (bicyclic) bond motifs is 1. The number of benzene rings is 1. The molecule has 0 unspecified atom stereocenters. The Kier molecular flexibility index (Phi) is 3.38. The second-order valence-electron chi connectivity index (χ2n) is 5.55. The zero-order valence-corrected chi connectivity index (χ0v) is 13.9. The molecule has 1 fully saturated rings. The van der Waals surface area contributed by atoms with E-state index in [0.717, 1.165) is 45.9 Å². The van der Waals surface area contributed by atoms with E-state index < -0.39 is 0 Å². The summed E-state index contributed by atoms with van der Waals surface area (Å²) in [6.45, 7) is 4.20. The molecule has 1 aromatic heterocycles. The van der Waals surface area contributed by atoms with Crippen LogP contribution in [0.1, 0.15) is 17.0 Å². The van der Waals surface area contributed by atoms with Crippen molar-refractivity contribution < 1.29 is 19.1 Å². The largest absolute Gasteiger partial charge is 0.454 e. The summed E-state index contributed by atoms with van der Waals surface area (Å²) < 4.78 is 12.9. The first-order chi connectivity index (χ1) is 11.5. The summed E-state index contributed by atoms with van der Waals surface area (Å²) in [5.41, 5.74) is 3.86. The number of rotatable bonds is 2. The topological polar surface area (TPSA) is 69.6 Å². The van der Waals surface area contributed by atoms with Gasteiger partial charge in [0, 0.05) is 23.1 Å². The van der Waals surface area contributed by atoms with E-state index in [1.54, 1.807) is 6.08 Å². The third-order valence-corrected chi connectivity index (χ3v) is 4.82. The molecule has 3 heterocycles. The fourth-order valence-electron chi connectivity index (χ4n) is 2.92. The van der Waals surface area contributed by atoms with E-state index in [1.807, 2.05) is 38.1 Å². The third kappa shape index (κ3) is 2.37. The second kappa shape index (κ2) is 5.45. The van der Waals surface area contributed by atoms with Crippen molar-refractivity contribution >= 4 is 29.0 Å². The smallest absolute Gasteiger partial charge is 0.290 e. The highest BCUT2D eigenvalue weighted by Gasteiger charge is 2.25. The van der Waals surface area contributed by atoms with Gasteiger partial charge in [-0.25, -0.2) is 0 Å². The van der Waals surface area contributed by atoms with Crippen LogP contribution in [-0.2, 0) is 4.79 Å². The molecule has 0 aliphatic carbocycles. The minimum atomic E-state index is -0.349. The molecule has 7 heteroatoms. The van der Waals surface area contributed by atoms with Crippen LogP contribution in [0.5, 0.6) is 11.5 Å². The predicted octanol–water partition coefficient (Wildman–Crippen LogP) is 3.15. The lowest BCUT2D eigenvalue weighted by Gasteiger charge is -2.10. The highest BCUT2D eigenvalue weighted by Crippen LogP contribution is 2.35. The van der Waals surface area contributed by atoms with Gasteiger partial charge in [0.1, 0.15) is 0 Å². The fraction of sp³-hybridized carbons (Fsp3) is 0.176. The Bertz CT molecular complexity index is 914. The third-order valence-electron chi connectivity index (χ3n) is 4.01. The molecule has 0 saturated carbocycles.